The van der Waals surface area contributed by atoms with Gasteiger partial charge in [-0.2, -0.15) is 10.2 Å². The Hall–Kier alpha value is -3.98. The number of carbonyl (C=O) groups excluding carboxylic acids is 1. The lowest BCUT2D eigenvalue weighted by Crippen LogP contribution is -2.14. The molecule has 0 bridgehead atoms. The Labute approximate surface area is 208 Å². The molecule has 1 heterocycles. The van der Waals surface area contributed by atoms with E-state index in [4.69, 9.17) is 4.74 Å². The molecule has 0 aliphatic heterocycles. The highest BCUT2D eigenvalue weighted by molar-refractivity contribution is 7.99. The maximum atomic E-state index is 12.5. The molecule has 0 unspecified atom stereocenters. The SMILES string of the molecule is CCn1c(COc2cccc(C)c2)nnc1SCC(=O)Nc1ccc(N=Nc2ccccc2)cc1. The molecule has 0 fully saturated rings. The Morgan fingerprint density at radius 1 is 0.971 bits per heavy atom. The van der Waals surface area contributed by atoms with Gasteiger partial charge in [-0.1, -0.05) is 42.1 Å². The summed E-state index contributed by atoms with van der Waals surface area (Å²) in [5, 5.41) is 20.5. The van der Waals surface area contributed by atoms with Crippen molar-refractivity contribution in [3.63, 3.8) is 0 Å². The van der Waals surface area contributed by atoms with E-state index in [1.54, 1.807) is 12.1 Å². The summed E-state index contributed by atoms with van der Waals surface area (Å²) >= 11 is 1.34. The monoisotopic (exact) mass is 486 g/mol. The average Bonchev–Trinajstić information content (AvgIpc) is 3.28. The molecule has 0 saturated carbocycles. The largest absolute Gasteiger partial charge is 0.486 e. The molecular formula is C26H26N6O2S. The van der Waals surface area contributed by atoms with Crippen LogP contribution in [0.2, 0.25) is 0 Å². The molecule has 1 N–H and O–H groups in total. The molecule has 0 radical (unpaired) electrons. The first-order valence-electron chi connectivity index (χ1n) is 11.2. The van der Waals surface area contributed by atoms with Crippen molar-refractivity contribution in [2.24, 2.45) is 10.2 Å². The van der Waals surface area contributed by atoms with Gasteiger partial charge in [0.2, 0.25) is 5.91 Å². The number of rotatable bonds is 10. The van der Waals surface area contributed by atoms with Crippen LogP contribution in [-0.2, 0) is 17.9 Å². The number of nitrogens with zero attached hydrogens (tertiary/aromatic N) is 5. The quantitative estimate of drug-likeness (QED) is 0.209. The Balaban J connectivity index is 1.28. The minimum absolute atomic E-state index is 0.128. The molecule has 35 heavy (non-hydrogen) atoms. The molecule has 4 aromatic rings. The lowest BCUT2D eigenvalue weighted by Gasteiger charge is -2.09. The molecular weight excluding hydrogens is 460 g/mol. The number of nitrogens with one attached hydrogen (secondary N) is 1. The fraction of sp³-hybridized carbons (Fsp3) is 0.192. The van der Waals surface area contributed by atoms with E-state index in [1.165, 1.54) is 11.8 Å². The summed E-state index contributed by atoms with van der Waals surface area (Å²) in [6.45, 7) is 5.03. The molecule has 0 spiro atoms. The first kappa shape index (κ1) is 24.2. The van der Waals surface area contributed by atoms with E-state index < -0.39 is 0 Å². The van der Waals surface area contributed by atoms with Gasteiger partial charge in [0.15, 0.2) is 11.0 Å². The van der Waals surface area contributed by atoms with Gasteiger partial charge in [0.05, 0.1) is 17.1 Å². The lowest BCUT2D eigenvalue weighted by atomic mass is 10.2. The van der Waals surface area contributed by atoms with Crippen molar-refractivity contribution in [1.82, 2.24) is 14.8 Å². The van der Waals surface area contributed by atoms with E-state index in [0.29, 0.717) is 29.7 Å². The Bertz CT molecular complexity index is 1290. The first-order valence-corrected chi connectivity index (χ1v) is 12.2. The van der Waals surface area contributed by atoms with Crippen LogP contribution >= 0.6 is 11.8 Å². The second-order valence-electron chi connectivity index (χ2n) is 7.67. The molecule has 0 aliphatic rings. The van der Waals surface area contributed by atoms with Crippen molar-refractivity contribution >= 4 is 34.7 Å². The van der Waals surface area contributed by atoms with Gasteiger partial charge in [-0.05, 0) is 67.9 Å². The molecule has 178 valence electrons. The van der Waals surface area contributed by atoms with Gasteiger partial charge >= 0.3 is 0 Å². The zero-order valence-electron chi connectivity index (χ0n) is 19.6. The first-order chi connectivity index (χ1) is 17.1. The van der Waals surface area contributed by atoms with Gasteiger partial charge in [0.1, 0.15) is 12.4 Å². The molecule has 8 nitrogen and oxygen atoms in total. The van der Waals surface area contributed by atoms with Crippen LogP contribution < -0.4 is 10.1 Å². The smallest absolute Gasteiger partial charge is 0.234 e. The van der Waals surface area contributed by atoms with Gasteiger partial charge in [-0.3, -0.25) is 4.79 Å². The number of thioether (sulfide) groups is 1. The number of hydrogen-bond acceptors (Lipinski definition) is 7. The second-order valence-corrected chi connectivity index (χ2v) is 8.61. The van der Waals surface area contributed by atoms with E-state index in [2.05, 4.69) is 25.7 Å². The van der Waals surface area contributed by atoms with Crippen LogP contribution in [0.3, 0.4) is 0 Å². The average molecular weight is 487 g/mol. The normalized spacial score (nSPS) is 11.0. The van der Waals surface area contributed by atoms with Crippen LogP contribution in [0, 0.1) is 6.92 Å². The molecule has 0 aliphatic carbocycles. The molecule has 0 atom stereocenters. The maximum absolute atomic E-state index is 12.5. The summed E-state index contributed by atoms with van der Waals surface area (Å²) in [5.74, 6) is 1.60. The number of carbonyl (C=O) groups is 1. The van der Waals surface area contributed by atoms with Gasteiger partial charge in [0, 0.05) is 12.2 Å². The highest BCUT2D eigenvalue weighted by Crippen LogP contribution is 2.22. The van der Waals surface area contributed by atoms with Gasteiger partial charge in [-0.15, -0.1) is 10.2 Å². The highest BCUT2D eigenvalue weighted by atomic mass is 32.2. The number of anilines is 1. The Morgan fingerprint density at radius 2 is 1.71 bits per heavy atom. The third-order valence-corrected chi connectivity index (χ3v) is 5.95. The van der Waals surface area contributed by atoms with E-state index >= 15 is 0 Å². The van der Waals surface area contributed by atoms with E-state index in [9.17, 15) is 4.79 Å². The zero-order valence-corrected chi connectivity index (χ0v) is 20.4. The minimum Gasteiger partial charge on any atom is -0.486 e. The fourth-order valence-corrected chi connectivity index (χ4v) is 4.07. The van der Waals surface area contributed by atoms with Crippen molar-refractivity contribution in [2.45, 2.75) is 32.2 Å². The summed E-state index contributed by atoms with van der Waals surface area (Å²) in [7, 11) is 0. The van der Waals surface area contributed by atoms with Crippen LogP contribution in [0.15, 0.2) is 94.2 Å². The third-order valence-electron chi connectivity index (χ3n) is 4.99. The number of ether oxygens (including phenoxy) is 1. The van der Waals surface area contributed by atoms with Crippen molar-refractivity contribution in [1.29, 1.82) is 0 Å². The number of aromatic nitrogens is 3. The number of benzene rings is 3. The predicted molar refractivity (Wildman–Crippen MR) is 138 cm³/mol. The number of azo groups is 1. The topological polar surface area (TPSA) is 93.8 Å². The van der Waals surface area contributed by atoms with E-state index in [1.807, 2.05) is 85.1 Å². The van der Waals surface area contributed by atoms with Crippen LogP contribution in [0.25, 0.3) is 0 Å². The summed E-state index contributed by atoms with van der Waals surface area (Å²) in [4.78, 5) is 12.5. The zero-order chi connectivity index (χ0) is 24.5. The van der Waals surface area contributed by atoms with Gasteiger partial charge in [-0.25, -0.2) is 0 Å². The minimum atomic E-state index is -0.128. The molecule has 0 saturated heterocycles. The summed E-state index contributed by atoms with van der Waals surface area (Å²) in [6.07, 6.45) is 0. The van der Waals surface area contributed by atoms with Gasteiger partial charge < -0.3 is 14.6 Å². The molecule has 3 aromatic carbocycles. The molecule has 1 amide bonds. The summed E-state index contributed by atoms with van der Waals surface area (Å²) < 4.78 is 7.82. The lowest BCUT2D eigenvalue weighted by molar-refractivity contribution is -0.113. The van der Waals surface area contributed by atoms with E-state index in [0.717, 1.165) is 22.8 Å². The second kappa shape index (κ2) is 11.9. The highest BCUT2D eigenvalue weighted by Gasteiger charge is 2.14. The Morgan fingerprint density at radius 3 is 2.43 bits per heavy atom. The van der Waals surface area contributed by atoms with Crippen LogP contribution in [0.1, 0.15) is 18.3 Å². The molecule has 1 aromatic heterocycles. The fourth-order valence-electron chi connectivity index (χ4n) is 3.25. The maximum Gasteiger partial charge on any atom is 0.234 e. The van der Waals surface area contributed by atoms with Crippen molar-refractivity contribution in [3.05, 3.63) is 90.3 Å². The molecule has 4 rings (SSSR count). The standard InChI is InChI=1S/C26H26N6O2S/c1-3-32-24(17-34-23-11-7-8-19(2)16-23)30-31-26(32)35-18-25(33)27-20-12-14-22(15-13-20)29-28-21-9-5-4-6-10-21/h4-16H,3,17-18H2,1-2H3,(H,27,33). The predicted octanol–water partition coefficient (Wildman–Crippen LogP) is 6.33. The van der Waals surface area contributed by atoms with Crippen molar-refractivity contribution in [2.75, 3.05) is 11.1 Å². The van der Waals surface area contributed by atoms with Crippen molar-refractivity contribution < 1.29 is 9.53 Å². The Kier molecular flexibility index (Phi) is 8.24. The summed E-state index contributed by atoms with van der Waals surface area (Å²) in [6, 6.07) is 24.6. The summed E-state index contributed by atoms with van der Waals surface area (Å²) in [5.41, 5.74) is 3.32. The van der Waals surface area contributed by atoms with E-state index in [-0.39, 0.29) is 11.7 Å². The van der Waals surface area contributed by atoms with Gasteiger partial charge in [0.25, 0.3) is 0 Å². The number of amides is 1. The van der Waals surface area contributed by atoms with Crippen LogP contribution in [0.5, 0.6) is 5.75 Å². The molecule has 9 heteroatoms. The number of hydrogen-bond donors (Lipinski definition) is 1. The number of aryl methyl sites for hydroxylation is 1. The third kappa shape index (κ3) is 7.00. The van der Waals surface area contributed by atoms with Crippen LogP contribution in [0.4, 0.5) is 17.1 Å². The van der Waals surface area contributed by atoms with Crippen molar-refractivity contribution in [3.8, 4) is 5.75 Å². The van der Waals surface area contributed by atoms with Crippen LogP contribution in [-0.4, -0.2) is 26.4 Å².